The zero-order valence-corrected chi connectivity index (χ0v) is 14.6. The van der Waals surface area contributed by atoms with Gasteiger partial charge in [-0.05, 0) is 42.2 Å². The number of hydrogen-bond donors (Lipinski definition) is 1. The second-order valence-corrected chi connectivity index (χ2v) is 11.4. The first-order valence-corrected chi connectivity index (χ1v) is 10.1. The summed E-state index contributed by atoms with van der Waals surface area (Å²) in [4.78, 5) is 10.3. The maximum absolute atomic E-state index is 10.3. The molecule has 0 radical (unpaired) electrons. The Morgan fingerprint density at radius 1 is 1.19 bits per heavy atom. The fraction of sp³-hybridized carbons (Fsp3) is 0.562. The Labute approximate surface area is 128 Å². The first-order chi connectivity index (χ1) is 9.62. The lowest BCUT2D eigenvalue weighted by Gasteiger charge is -2.36. The molecule has 0 saturated heterocycles. The molecule has 0 aliphatic carbocycles. The van der Waals surface area contributed by atoms with Gasteiger partial charge in [-0.1, -0.05) is 32.9 Å². The van der Waals surface area contributed by atoms with E-state index in [1.165, 1.54) is 0 Å². The monoisotopic (exact) mass is 310 g/mol. The summed E-state index contributed by atoms with van der Waals surface area (Å²) in [6.07, 6.45) is 0.702. The molecular weight excluding hydrogens is 284 g/mol. The summed E-state index contributed by atoms with van der Waals surface area (Å²) in [7, 11) is -1.80. The average Bonchev–Trinajstić information content (AvgIpc) is 2.34. The summed E-state index contributed by atoms with van der Waals surface area (Å²) in [6.45, 7) is 11.3. The van der Waals surface area contributed by atoms with E-state index in [1.54, 1.807) is 0 Å². The van der Waals surface area contributed by atoms with E-state index in [0.29, 0.717) is 13.0 Å². The Kier molecular flexibility index (Phi) is 5.98. The molecule has 0 atom stereocenters. The van der Waals surface area contributed by atoms with E-state index in [4.69, 9.17) is 14.3 Å². The highest BCUT2D eigenvalue weighted by molar-refractivity contribution is 6.74. The number of carboxylic acid groups (broad SMARTS) is 1. The van der Waals surface area contributed by atoms with E-state index in [2.05, 4.69) is 33.9 Å². The molecule has 0 aromatic heterocycles. The summed E-state index contributed by atoms with van der Waals surface area (Å²) in [6, 6.07) is 7.97. The summed E-state index contributed by atoms with van der Waals surface area (Å²) < 4.78 is 11.2. The van der Waals surface area contributed by atoms with Crippen LogP contribution in [0, 0.1) is 0 Å². The van der Waals surface area contributed by atoms with E-state index in [1.807, 2.05) is 24.3 Å². The molecule has 0 spiro atoms. The van der Waals surface area contributed by atoms with Crippen LogP contribution in [0.2, 0.25) is 18.1 Å². The maximum atomic E-state index is 10.3. The van der Waals surface area contributed by atoms with Crippen LogP contribution in [0.1, 0.15) is 26.3 Å². The average molecular weight is 310 g/mol. The molecule has 4 nitrogen and oxygen atoms in total. The zero-order chi connectivity index (χ0) is 16.1. The minimum Gasteiger partial charge on any atom is -0.544 e. The van der Waals surface area contributed by atoms with E-state index >= 15 is 0 Å². The third-order valence-electron chi connectivity index (χ3n) is 3.86. The Hall–Kier alpha value is -1.33. The zero-order valence-electron chi connectivity index (χ0n) is 13.6. The van der Waals surface area contributed by atoms with Crippen molar-refractivity contribution in [1.82, 2.24) is 0 Å². The van der Waals surface area contributed by atoms with Gasteiger partial charge in [0.05, 0.1) is 6.61 Å². The summed E-state index contributed by atoms with van der Waals surface area (Å²) in [5.41, 5.74) is 1.11. The van der Waals surface area contributed by atoms with Crippen LogP contribution in [-0.4, -0.2) is 32.6 Å². The molecule has 0 amide bonds. The van der Waals surface area contributed by atoms with Crippen LogP contribution >= 0.6 is 0 Å². The molecule has 1 aromatic rings. The molecule has 0 unspecified atom stereocenters. The first-order valence-electron chi connectivity index (χ1n) is 7.19. The number of ether oxygens (including phenoxy) is 1. The molecule has 118 valence electrons. The standard InChI is InChI=1S/C16H26O4Si/c1-16(2,3)21(4,5)20-14-8-6-13(7-9-14)10-11-19-12-15(17)18/h6-9H,10-12H2,1-5H3,(H,17,18). The van der Waals surface area contributed by atoms with Gasteiger partial charge in [0, 0.05) is 0 Å². The van der Waals surface area contributed by atoms with Gasteiger partial charge in [0.1, 0.15) is 12.4 Å². The molecular formula is C16H26O4Si. The second-order valence-electron chi connectivity index (χ2n) is 6.70. The van der Waals surface area contributed by atoms with Gasteiger partial charge in [-0.15, -0.1) is 0 Å². The molecule has 1 N–H and O–H groups in total. The van der Waals surface area contributed by atoms with Crippen LogP contribution in [0.3, 0.4) is 0 Å². The fourth-order valence-electron chi connectivity index (χ4n) is 1.52. The topological polar surface area (TPSA) is 55.8 Å². The highest BCUT2D eigenvalue weighted by Gasteiger charge is 2.38. The van der Waals surface area contributed by atoms with Crippen molar-refractivity contribution in [2.45, 2.75) is 45.3 Å². The lowest BCUT2D eigenvalue weighted by molar-refractivity contribution is -0.142. The van der Waals surface area contributed by atoms with Gasteiger partial charge >= 0.3 is 5.97 Å². The van der Waals surface area contributed by atoms with Crippen molar-refractivity contribution < 1.29 is 19.1 Å². The van der Waals surface area contributed by atoms with Gasteiger partial charge in [-0.2, -0.15) is 0 Å². The quantitative estimate of drug-likeness (QED) is 0.616. The molecule has 0 fully saturated rings. The Morgan fingerprint density at radius 3 is 2.24 bits per heavy atom. The van der Waals surface area contributed by atoms with Crippen molar-refractivity contribution in [3.05, 3.63) is 29.8 Å². The van der Waals surface area contributed by atoms with Gasteiger partial charge in [-0.3, -0.25) is 0 Å². The molecule has 1 aromatic carbocycles. The van der Waals surface area contributed by atoms with E-state index in [0.717, 1.165) is 11.3 Å². The number of hydrogen-bond acceptors (Lipinski definition) is 3. The number of carbonyl (C=O) groups is 1. The lowest BCUT2D eigenvalue weighted by Crippen LogP contribution is -2.43. The largest absolute Gasteiger partial charge is 0.544 e. The number of aliphatic carboxylic acids is 1. The normalized spacial score (nSPS) is 12.2. The van der Waals surface area contributed by atoms with Crippen molar-refractivity contribution in [2.75, 3.05) is 13.2 Å². The molecule has 21 heavy (non-hydrogen) atoms. The van der Waals surface area contributed by atoms with Gasteiger partial charge in [0.25, 0.3) is 0 Å². The third kappa shape index (κ3) is 5.89. The predicted molar refractivity (Wildman–Crippen MR) is 86.4 cm³/mol. The van der Waals surface area contributed by atoms with Crippen molar-refractivity contribution >= 4 is 14.3 Å². The highest BCUT2D eigenvalue weighted by Crippen LogP contribution is 2.37. The maximum Gasteiger partial charge on any atom is 0.329 e. The SMILES string of the molecule is CC(C)(C)[Si](C)(C)Oc1ccc(CCOCC(=O)O)cc1. The van der Waals surface area contributed by atoms with Crippen LogP contribution in [-0.2, 0) is 16.0 Å². The summed E-state index contributed by atoms with van der Waals surface area (Å²) in [5.74, 6) is -0.0371. The fourth-order valence-corrected chi connectivity index (χ4v) is 2.55. The van der Waals surface area contributed by atoms with E-state index in [-0.39, 0.29) is 11.6 Å². The summed E-state index contributed by atoms with van der Waals surface area (Å²) in [5, 5.41) is 8.66. The molecule has 0 heterocycles. The van der Waals surface area contributed by atoms with E-state index in [9.17, 15) is 4.79 Å². The van der Waals surface area contributed by atoms with Crippen molar-refractivity contribution in [3.8, 4) is 5.75 Å². The molecule has 0 aliphatic rings. The summed E-state index contributed by atoms with van der Waals surface area (Å²) >= 11 is 0. The highest BCUT2D eigenvalue weighted by atomic mass is 28.4. The minimum absolute atomic E-state index is 0.177. The number of carboxylic acids is 1. The van der Waals surface area contributed by atoms with Crippen LogP contribution in [0.5, 0.6) is 5.75 Å². The third-order valence-corrected chi connectivity index (χ3v) is 8.22. The van der Waals surface area contributed by atoms with Crippen LogP contribution in [0.15, 0.2) is 24.3 Å². The van der Waals surface area contributed by atoms with Gasteiger partial charge in [0.2, 0.25) is 8.32 Å². The van der Waals surface area contributed by atoms with E-state index < -0.39 is 14.3 Å². The Balaban J connectivity index is 2.53. The number of rotatable bonds is 7. The molecule has 0 saturated carbocycles. The van der Waals surface area contributed by atoms with Gasteiger partial charge < -0.3 is 14.3 Å². The van der Waals surface area contributed by atoms with Crippen LogP contribution < -0.4 is 4.43 Å². The second kappa shape index (κ2) is 7.09. The lowest BCUT2D eigenvalue weighted by atomic mass is 10.1. The molecule has 0 bridgehead atoms. The minimum atomic E-state index is -1.80. The molecule has 0 aliphatic heterocycles. The predicted octanol–water partition coefficient (Wildman–Crippen LogP) is 3.71. The molecule has 5 heteroatoms. The number of benzene rings is 1. The smallest absolute Gasteiger partial charge is 0.329 e. The Bertz CT molecular complexity index is 460. The Morgan fingerprint density at radius 2 is 1.76 bits per heavy atom. The van der Waals surface area contributed by atoms with Gasteiger partial charge in [0.15, 0.2) is 0 Å². The van der Waals surface area contributed by atoms with Crippen LogP contribution in [0.25, 0.3) is 0 Å². The molecule has 1 rings (SSSR count). The van der Waals surface area contributed by atoms with Crippen molar-refractivity contribution in [1.29, 1.82) is 0 Å². The first kappa shape index (κ1) is 17.7. The van der Waals surface area contributed by atoms with Crippen molar-refractivity contribution in [3.63, 3.8) is 0 Å². The van der Waals surface area contributed by atoms with Gasteiger partial charge in [-0.25, -0.2) is 4.79 Å². The van der Waals surface area contributed by atoms with Crippen molar-refractivity contribution in [2.24, 2.45) is 0 Å². The van der Waals surface area contributed by atoms with Crippen LogP contribution in [0.4, 0.5) is 0 Å².